The molecule has 516 valence electrons. The number of nitrogens with zero attached hydrogens (tertiary/aromatic N) is 11. The van der Waals surface area contributed by atoms with Gasteiger partial charge in [0.1, 0.15) is 11.6 Å². The molecule has 0 saturated carbocycles. The summed E-state index contributed by atoms with van der Waals surface area (Å²) in [5.74, 6) is 1.75. The fourth-order valence-corrected chi connectivity index (χ4v) is 17.3. The Bertz CT molecular complexity index is 7620. The molecule has 11 heteroatoms. The Balaban J connectivity index is 0.000000102. The quantitative estimate of drug-likeness (QED) is 0.151. The van der Waals surface area contributed by atoms with Crippen molar-refractivity contribution < 1.29 is 0 Å². The van der Waals surface area contributed by atoms with Gasteiger partial charge < -0.3 is 4.57 Å². The number of pyridine rings is 8. The standard InChI is InChI=1S/C34H21N3.2C33H20N4/c1-5-16-29-22(9-1)18-19-30(36-29)23-10-7-11-24(21-23)37-31-17-6-4-14-27(31)32-25-12-2-3-13-26(25)33-28(34(32)37)15-8-20-35-33;1-2-11-24-23(10-1)31-25-12-4-6-16-29(25)37(33(31)26-13-8-19-35-32(24)26)30-17-7-15-28(36-30)22-18-20-34-27-14-5-3-9-21(22)27;1-2-12-23-22(11-1)30-25-13-3-4-17-28(25)37(33(30)26-15-8-20-35-32(23)26)29-18-6-16-27(36-29)24-14-5-9-21-10-7-19-34-31(21)24/h1-21H;2*1-20H. The van der Waals surface area contributed by atoms with Gasteiger partial charge in [-0.2, -0.15) is 0 Å². The summed E-state index contributed by atoms with van der Waals surface area (Å²) in [4.78, 5) is 39.1. The van der Waals surface area contributed by atoms with Gasteiger partial charge in [-0.15, -0.1) is 0 Å². The smallest absolute Gasteiger partial charge is 0.138 e. The van der Waals surface area contributed by atoms with Crippen molar-refractivity contribution in [1.82, 2.24) is 53.6 Å². The van der Waals surface area contributed by atoms with Crippen LogP contribution in [-0.4, -0.2) is 53.6 Å². The van der Waals surface area contributed by atoms with Crippen LogP contribution < -0.4 is 0 Å². The highest BCUT2D eigenvalue weighted by Crippen LogP contribution is 2.46. The van der Waals surface area contributed by atoms with E-state index in [9.17, 15) is 0 Å². The van der Waals surface area contributed by atoms with Crippen molar-refractivity contribution in [3.8, 4) is 51.1 Å². The third-order valence-electron chi connectivity index (χ3n) is 21.9. The van der Waals surface area contributed by atoms with Crippen LogP contribution in [0.1, 0.15) is 0 Å². The second-order valence-corrected chi connectivity index (χ2v) is 28.0. The Hall–Kier alpha value is -15.2. The number of rotatable bonds is 6. The van der Waals surface area contributed by atoms with E-state index in [4.69, 9.17) is 29.9 Å². The molecule has 13 aromatic carbocycles. The highest BCUT2D eigenvalue weighted by molar-refractivity contribution is 6.34. The minimum Gasteiger partial charge on any atom is -0.309 e. The Kier molecular flexibility index (Phi) is 14.7. The number of fused-ring (bicyclic) bond motifs is 27. The average molecular weight is 1420 g/mol. The Morgan fingerprint density at radius 3 is 1.17 bits per heavy atom. The van der Waals surface area contributed by atoms with Gasteiger partial charge >= 0.3 is 0 Å². The predicted molar refractivity (Wildman–Crippen MR) is 459 cm³/mol. The van der Waals surface area contributed by atoms with Gasteiger partial charge in [0.15, 0.2) is 0 Å². The minimum atomic E-state index is 0.872. The summed E-state index contributed by atoms with van der Waals surface area (Å²) < 4.78 is 6.99. The molecule has 24 rings (SSSR count). The molecular formula is C100H61N11. The van der Waals surface area contributed by atoms with Gasteiger partial charge in [-0.1, -0.05) is 218 Å². The van der Waals surface area contributed by atoms with E-state index in [-0.39, 0.29) is 0 Å². The molecule has 0 aliphatic carbocycles. The maximum absolute atomic E-state index is 5.24. The van der Waals surface area contributed by atoms with E-state index in [1.807, 2.05) is 79.5 Å². The maximum Gasteiger partial charge on any atom is 0.138 e. The van der Waals surface area contributed by atoms with Gasteiger partial charge in [-0.3, -0.25) is 34.1 Å². The molecule has 0 atom stereocenters. The minimum absolute atomic E-state index is 0.872. The van der Waals surface area contributed by atoms with E-state index in [1.54, 1.807) is 0 Å². The molecule has 11 nitrogen and oxygen atoms in total. The lowest BCUT2D eigenvalue weighted by Crippen LogP contribution is -1.99. The van der Waals surface area contributed by atoms with Crippen LogP contribution in [0.15, 0.2) is 371 Å². The van der Waals surface area contributed by atoms with Gasteiger partial charge in [0.25, 0.3) is 0 Å². The van der Waals surface area contributed by atoms with Crippen LogP contribution in [0.4, 0.5) is 0 Å². The Labute approximate surface area is 634 Å². The summed E-state index contributed by atoms with van der Waals surface area (Å²) in [6, 6.07) is 119. The molecule has 11 heterocycles. The number of hydrogen-bond donors (Lipinski definition) is 0. The third kappa shape index (κ3) is 10.1. The molecule has 0 fully saturated rings. The van der Waals surface area contributed by atoms with Gasteiger partial charge in [0.05, 0.1) is 83.3 Å². The van der Waals surface area contributed by atoms with Gasteiger partial charge in [-0.05, 0) is 137 Å². The third-order valence-corrected chi connectivity index (χ3v) is 21.9. The Morgan fingerprint density at radius 1 is 0.207 bits per heavy atom. The maximum atomic E-state index is 5.24. The lowest BCUT2D eigenvalue weighted by molar-refractivity contribution is 1.09. The summed E-state index contributed by atoms with van der Waals surface area (Å²) >= 11 is 0. The van der Waals surface area contributed by atoms with Crippen LogP contribution in [-0.2, 0) is 0 Å². The molecule has 11 aromatic heterocycles. The highest BCUT2D eigenvalue weighted by atomic mass is 15.1. The highest BCUT2D eigenvalue weighted by Gasteiger charge is 2.25. The fraction of sp³-hybridized carbons (Fsp3) is 0. The van der Waals surface area contributed by atoms with Crippen molar-refractivity contribution >= 4 is 163 Å². The molecule has 111 heavy (non-hydrogen) atoms. The predicted octanol–water partition coefficient (Wildman–Crippen LogP) is 24.9. The van der Waals surface area contributed by atoms with Crippen molar-refractivity contribution in [2.45, 2.75) is 0 Å². The molecule has 0 aliphatic rings. The zero-order chi connectivity index (χ0) is 73.0. The topological polar surface area (TPSA) is 118 Å². The van der Waals surface area contributed by atoms with Crippen LogP contribution in [0.3, 0.4) is 0 Å². The summed E-state index contributed by atoms with van der Waals surface area (Å²) in [7, 11) is 0. The van der Waals surface area contributed by atoms with E-state index >= 15 is 0 Å². The van der Waals surface area contributed by atoms with E-state index in [2.05, 4.69) is 315 Å². The summed E-state index contributed by atoms with van der Waals surface area (Å²) in [6.07, 6.45) is 9.34. The molecule has 0 aliphatic heterocycles. The number of aromatic nitrogens is 11. The van der Waals surface area contributed by atoms with Gasteiger partial charge in [0, 0.05) is 134 Å². The fourth-order valence-electron chi connectivity index (χ4n) is 17.3. The average Bonchev–Trinajstić information content (AvgIpc) is 1.57. The van der Waals surface area contributed by atoms with E-state index < -0.39 is 0 Å². The van der Waals surface area contributed by atoms with E-state index in [1.165, 1.54) is 70.3 Å². The first-order valence-electron chi connectivity index (χ1n) is 37.3. The number of benzene rings is 13. The second kappa shape index (κ2) is 25.8. The van der Waals surface area contributed by atoms with Crippen molar-refractivity contribution in [3.05, 3.63) is 371 Å². The number of para-hydroxylation sites is 6. The van der Waals surface area contributed by atoms with E-state index in [0.717, 1.165) is 144 Å². The largest absolute Gasteiger partial charge is 0.309 e. The van der Waals surface area contributed by atoms with Crippen molar-refractivity contribution in [3.63, 3.8) is 0 Å². The van der Waals surface area contributed by atoms with Crippen LogP contribution in [0.25, 0.3) is 214 Å². The molecule has 0 saturated heterocycles. The molecule has 0 bridgehead atoms. The SMILES string of the molecule is c1cc(-c2ccc3ccccc3n2)cc(-n2c3ccccc3c3c4ccccc4c4ncccc4c32)c1.c1cc(-c2cccc3cccnc23)nc(-n2c3ccccc3c3c4ccccc4c4ncccc4c32)c1.c1cc(-c2ccnc3ccccc23)nc(-n2c3ccccc3c3c4ccccc4c4ncccc4c32)c1. The van der Waals surface area contributed by atoms with Crippen molar-refractivity contribution in [1.29, 1.82) is 0 Å². The van der Waals surface area contributed by atoms with Crippen LogP contribution in [0.2, 0.25) is 0 Å². The van der Waals surface area contributed by atoms with Gasteiger partial charge in [-0.25, -0.2) is 15.0 Å². The molecule has 24 aromatic rings. The van der Waals surface area contributed by atoms with Crippen LogP contribution in [0.5, 0.6) is 0 Å². The van der Waals surface area contributed by atoms with Crippen molar-refractivity contribution in [2.24, 2.45) is 0 Å². The lowest BCUT2D eigenvalue weighted by Gasteiger charge is -2.13. The van der Waals surface area contributed by atoms with Crippen molar-refractivity contribution in [2.75, 3.05) is 0 Å². The van der Waals surface area contributed by atoms with E-state index in [0.29, 0.717) is 0 Å². The summed E-state index contributed by atoms with van der Waals surface area (Å²) in [5, 5.41) is 21.3. The molecule has 0 radical (unpaired) electrons. The first kappa shape index (κ1) is 63.1. The molecule has 0 amide bonds. The first-order chi connectivity index (χ1) is 55.1. The molecular weight excluding hydrogens is 1360 g/mol. The Morgan fingerprint density at radius 2 is 0.613 bits per heavy atom. The normalized spacial score (nSPS) is 11.8. The second-order valence-electron chi connectivity index (χ2n) is 28.0. The number of hydrogen-bond acceptors (Lipinski definition) is 8. The van der Waals surface area contributed by atoms with Gasteiger partial charge in [0.2, 0.25) is 0 Å². The first-order valence-corrected chi connectivity index (χ1v) is 37.3. The summed E-state index contributed by atoms with van der Waals surface area (Å²) in [5.41, 5.74) is 19.9. The summed E-state index contributed by atoms with van der Waals surface area (Å²) in [6.45, 7) is 0. The monoisotopic (exact) mass is 1420 g/mol. The molecule has 0 spiro atoms. The lowest BCUT2D eigenvalue weighted by atomic mass is 10.00. The zero-order valence-corrected chi connectivity index (χ0v) is 59.6. The zero-order valence-electron chi connectivity index (χ0n) is 59.6. The van der Waals surface area contributed by atoms with Crippen LogP contribution in [0, 0.1) is 0 Å². The van der Waals surface area contributed by atoms with Crippen LogP contribution >= 0.6 is 0 Å². The molecule has 0 unspecified atom stereocenters. The molecule has 0 N–H and O–H groups in total.